The molecule has 0 radical (unpaired) electrons. The van der Waals surface area contributed by atoms with Gasteiger partial charge >= 0.3 is 0 Å². The molecule has 0 spiro atoms. The predicted octanol–water partition coefficient (Wildman–Crippen LogP) is 5.68. The highest BCUT2D eigenvalue weighted by Gasteiger charge is 2.08. The molecule has 29 heavy (non-hydrogen) atoms. The largest absolute Gasteiger partial charge is 0.497 e. The molecule has 1 heterocycles. The molecule has 146 valence electrons. The lowest BCUT2D eigenvalue weighted by molar-refractivity contribution is 0.302. The van der Waals surface area contributed by atoms with E-state index < -0.39 is 0 Å². The van der Waals surface area contributed by atoms with E-state index in [1.54, 1.807) is 7.11 Å². The lowest BCUT2D eigenvalue weighted by Crippen LogP contribution is -2.06. The second-order valence-corrected chi connectivity index (χ2v) is 6.73. The number of aryl methyl sites for hydroxylation is 1. The van der Waals surface area contributed by atoms with Crippen molar-refractivity contribution in [3.05, 3.63) is 90.3 Å². The maximum atomic E-state index is 5.84. The second kappa shape index (κ2) is 9.11. The second-order valence-electron chi connectivity index (χ2n) is 6.73. The number of benzene rings is 3. The van der Waals surface area contributed by atoms with Crippen LogP contribution in [0.1, 0.15) is 17.8 Å². The van der Waals surface area contributed by atoms with Gasteiger partial charge in [-0.25, -0.2) is 4.98 Å². The van der Waals surface area contributed by atoms with Gasteiger partial charge in [-0.1, -0.05) is 48.5 Å². The van der Waals surface area contributed by atoms with Crippen LogP contribution >= 0.6 is 0 Å². The summed E-state index contributed by atoms with van der Waals surface area (Å²) in [5.41, 5.74) is 3.25. The van der Waals surface area contributed by atoms with Crippen molar-refractivity contribution in [1.82, 2.24) is 9.55 Å². The molecule has 0 N–H and O–H groups in total. The van der Waals surface area contributed by atoms with Crippen molar-refractivity contribution < 1.29 is 9.47 Å². The molecule has 4 nitrogen and oxygen atoms in total. The van der Waals surface area contributed by atoms with Crippen LogP contribution in [0, 0.1) is 0 Å². The Morgan fingerprint density at radius 2 is 1.59 bits per heavy atom. The molecule has 4 rings (SSSR count). The minimum Gasteiger partial charge on any atom is -0.497 e. The molecule has 1 aromatic heterocycles. The van der Waals surface area contributed by atoms with E-state index >= 15 is 0 Å². The summed E-state index contributed by atoms with van der Waals surface area (Å²) < 4.78 is 13.3. The molecule has 3 aromatic carbocycles. The quantitative estimate of drug-likeness (QED) is 0.367. The third-order valence-corrected chi connectivity index (χ3v) is 4.76. The van der Waals surface area contributed by atoms with Crippen molar-refractivity contribution in [1.29, 1.82) is 0 Å². The number of fused-ring (bicyclic) bond motifs is 1. The van der Waals surface area contributed by atoms with Crippen LogP contribution in [0.2, 0.25) is 0 Å². The molecule has 0 unspecified atom stereocenters. The lowest BCUT2D eigenvalue weighted by Gasteiger charge is -2.09. The van der Waals surface area contributed by atoms with Crippen LogP contribution < -0.4 is 9.47 Å². The Kier molecular flexibility index (Phi) is 5.91. The Bertz CT molecular complexity index is 1080. The molecule has 0 aliphatic rings. The van der Waals surface area contributed by atoms with Crippen molar-refractivity contribution in [2.24, 2.45) is 0 Å². The van der Waals surface area contributed by atoms with Gasteiger partial charge in [0.05, 0.1) is 24.8 Å². The minimum atomic E-state index is 0.665. The van der Waals surface area contributed by atoms with Crippen LogP contribution in [0.3, 0.4) is 0 Å². The van der Waals surface area contributed by atoms with Gasteiger partial charge in [-0.05, 0) is 54.5 Å². The van der Waals surface area contributed by atoms with Crippen LogP contribution in [0.4, 0.5) is 0 Å². The zero-order valence-electron chi connectivity index (χ0n) is 16.5. The van der Waals surface area contributed by atoms with Gasteiger partial charge < -0.3 is 14.0 Å². The number of methoxy groups -OCH3 is 1. The Labute approximate surface area is 171 Å². The molecular weight excluding hydrogens is 360 g/mol. The average molecular weight is 384 g/mol. The smallest absolute Gasteiger partial charge is 0.133 e. The maximum absolute atomic E-state index is 5.84. The zero-order chi connectivity index (χ0) is 19.9. The van der Waals surface area contributed by atoms with Gasteiger partial charge in [0.2, 0.25) is 0 Å². The highest BCUT2D eigenvalue weighted by molar-refractivity contribution is 5.79. The topological polar surface area (TPSA) is 36.3 Å². The molecule has 0 atom stereocenters. The van der Waals surface area contributed by atoms with E-state index in [2.05, 4.69) is 34.9 Å². The molecule has 0 amide bonds. The number of hydrogen-bond acceptors (Lipinski definition) is 3. The lowest BCUT2D eigenvalue weighted by atomic mass is 10.2. The number of aromatic nitrogens is 2. The molecule has 0 aliphatic carbocycles. The molecule has 4 heteroatoms. The molecule has 0 fully saturated rings. The number of rotatable bonds is 8. The van der Waals surface area contributed by atoms with Crippen molar-refractivity contribution in [2.75, 3.05) is 13.7 Å². The van der Waals surface area contributed by atoms with E-state index in [0.29, 0.717) is 6.61 Å². The first kappa shape index (κ1) is 18.8. The van der Waals surface area contributed by atoms with E-state index in [1.165, 1.54) is 0 Å². The van der Waals surface area contributed by atoms with E-state index in [4.69, 9.17) is 14.5 Å². The number of para-hydroxylation sites is 3. The van der Waals surface area contributed by atoms with E-state index in [9.17, 15) is 0 Å². The fourth-order valence-electron chi connectivity index (χ4n) is 3.27. The molecule has 0 aliphatic heterocycles. The standard InChI is InChI=1S/C25H24N2O2/c1-28-21-15-12-20(13-16-21)14-17-25-26-23-10-5-6-11-24(23)27(25)18-7-19-29-22-8-3-2-4-9-22/h2-6,8-17H,7,18-19H2,1H3/b17-14+. The van der Waals surface area contributed by atoms with E-state index in [0.717, 1.165) is 46.9 Å². The van der Waals surface area contributed by atoms with Crippen LogP contribution in [0.15, 0.2) is 78.9 Å². The summed E-state index contributed by atoms with van der Waals surface area (Å²) in [5, 5.41) is 0. The zero-order valence-corrected chi connectivity index (χ0v) is 16.5. The number of ether oxygens (including phenoxy) is 2. The summed E-state index contributed by atoms with van der Waals surface area (Å²) >= 11 is 0. The maximum Gasteiger partial charge on any atom is 0.133 e. The van der Waals surface area contributed by atoms with Gasteiger partial charge in [-0.2, -0.15) is 0 Å². The summed E-state index contributed by atoms with van der Waals surface area (Å²) in [6.45, 7) is 1.51. The van der Waals surface area contributed by atoms with Gasteiger partial charge in [0.1, 0.15) is 17.3 Å². The summed E-state index contributed by atoms with van der Waals surface area (Å²) in [7, 11) is 1.68. The Morgan fingerprint density at radius 3 is 2.38 bits per heavy atom. The van der Waals surface area contributed by atoms with Crippen LogP contribution in [-0.2, 0) is 6.54 Å². The number of hydrogen-bond donors (Lipinski definition) is 0. The highest BCUT2D eigenvalue weighted by Crippen LogP contribution is 2.20. The van der Waals surface area contributed by atoms with Gasteiger partial charge in [0.25, 0.3) is 0 Å². The summed E-state index contributed by atoms with van der Waals surface area (Å²) in [5.74, 6) is 2.71. The molecule has 0 bridgehead atoms. The SMILES string of the molecule is COc1ccc(/C=C/c2nc3ccccc3n2CCCOc2ccccc2)cc1. The van der Waals surface area contributed by atoms with E-state index in [1.807, 2.05) is 60.7 Å². The Hall–Kier alpha value is -3.53. The number of imidazole rings is 1. The van der Waals surface area contributed by atoms with Crippen LogP contribution in [0.25, 0.3) is 23.2 Å². The van der Waals surface area contributed by atoms with Crippen LogP contribution in [-0.4, -0.2) is 23.3 Å². The van der Waals surface area contributed by atoms with Gasteiger partial charge in [0.15, 0.2) is 0 Å². The number of nitrogens with zero attached hydrogens (tertiary/aromatic N) is 2. The van der Waals surface area contributed by atoms with Crippen LogP contribution in [0.5, 0.6) is 11.5 Å². The van der Waals surface area contributed by atoms with Crippen molar-refractivity contribution in [3.63, 3.8) is 0 Å². The third kappa shape index (κ3) is 4.66. The fourth-order valence-corrected chi connectivity index (χ4v) is 3.27. The summed E-state index contributed by atoms with van der Waals surface area (Å²) in [6, 6.07) is 26.2. The first-order valence-corrected chi connectivity index (χ1v) is 9.79. The Balaban J connectivity index is 1.49. The first-order valence-electron chi connectivity index (χ1n) is 9.79. The average Bonchev–Trinajstić information content (AvgIpc) is 3.14. The molecule has 0 saturated heterocycles. The van der Waals surface area contributed by atoms with Gasteiger partial charge in [-0.3, -0.25) is 0 Å². The van der Waals surface area contributed by atoms with Gasteiger partial charge in [-0.15, -0.1) is 0 Å². The van der Waals surface area contributed by atoms with Crippen molar-refractivity contribution in [3.8, 4) is 11.5 Å². The molecule has 4 aromatic rings. The van der Waals surface area contributed by atoms with Crippen molar-refractivity contribution >= 4 is 23.2 Å². The summed E-state index contributed by atoms with van der Waals surface area (Å²) in [4.78, 5) is 4.81. The normalized spacial score (nSPS) is 11.2. The monoisotopic (exact) mass is 384 g/mol. The third-order valence-electron chi connectivity index (χ3n) is 4.76. The summed E-state index contributed by atoms with van der Waals surface area (Å²) in [6.07, 6.45) is 5.05. The Morgan fingerprint density at radius 1 is 0.828 bits per heavy atom. The van der Waals surface area contributed by atoms with E-state index in [-0.39, 0.29) is 0 Å². The van der Waals surface area contributed by atoms with Crippen molar-refractivity contribution in [2.45, 2.75) is 13.0 Å². The van der Waals surface area contributed by atoms with Gasteiger partial charge in [0, 0.05) is 6.54 Å². The highest BCUT2D eigenvalue weighted by atomic mass is 16.5. The fraction of sp³-hybridized carbons (Fsp3) is 0.160. The molecule has 0 saturated carbocycles. The first-order chi connectivity index (χ1) is 14.3. The minimum absolute atomic E-state index is 0.665. The molecular formula is C25H24N2O2. The predicted molar refractivity (Wildman–Crippen MR) is 118 cm³/mol.